The smallest absolute Gasteiger partial charge is 0.220 e. The molecule has 6 nitrogen and oxygen atoms in total. The summed E-state index contributed by atoms with van der Waals surface area (Å²) in [4.78, 5) is 19.0. The van der Waals surface area contributed by atoms with Gasteiger partial charge in [0.2, 0.25) is 5.91 Å². The van der Waals surface area contributed by atoms with Gasteiger partial charge in [-0.05, 0) is 17.7 Å². The van der Waals surface area contributed by atoms with Crippen LogP contribution >= 0.6 is 0 Å². The van der Waals surface area contributed by atoms with Crippen LogP contribution in [0.25, 0.3) is 0 Å². The second-order valence-corrected chi connectivity index (χ2v) is 7.19. The highest BCUT2D eigenvalue weighted by atomic mass is 16.5. The lowest BCUT2D eigenvalue weighted by atomic mass is 9.78. The highest BCUT2D eigenvalue weighted by Gasteiger charge is 2.51. The zero-order valence-electron chi connectivity index (χ0n) is 14.2. The fourth-order valence-corrected chi connectivity index (χ4v) is 4.04. The summed E-state index contributed by atoms with van der Waals surface area (Å²) in [6.45, 7) is 4.67. The van der Waals surface area contributed by atoms with Crippen molar-refractivity contribution in [3.63, 3.8) is 0 Å². The number of carbonyl (C=O) groups excluding carboxylic acids is 1. The van der Waals surface area contributed by atoms with E-state index in [4.69, 9.17) is 9.15 Å². The van der Waals surface area contributed by atoms with Crippen molar-refractivity contribution in [1.82, 2.24) is 15.2 Å². The second-order valence-electron chi connectivity index (χ2n) is 7.19. The van der Waals surface area contributed by atoms with Gasteiger partial charge in [-0.3, -0.25) is 14.7 Å². The number of likely N-dealkylation sites (tertiary alicyclic amines) is 1. The van der Waals surface area contributed by atoms with Gasteiger partial charge in [-0.25, -0.2) is 0 Å². The minimum absolute atomic E-state index is 0.0667. The maximum absolute atomic E-state index is 12.5. The predicted octanol–water partition coefficient (Wildman–Crippen LogP) is 1.83. The molecule has 25 heavy (non-hydrogen) atoms. The van der Waals surface area contributed by atoms with Crippen LogP contribution in [0, 0.1) is 11.3 Å². The molecule has 2 atom stereocenters. The molecule has 2 aliphatic heterocycles. The molecule has 1 N–H and O–H groups in total. The van der Waals surface area contributed by atoms with E-state index in [1.54, 1.807) is 24.9 Å². The van der Waals surface area contributed by atoms with E-state index >= 15 is 0 Å². The summed E-state index contributed by atoms with van der Waals surface area (Å²) in [7, 11) is 0. The minimum atomic E-state index is -0.0667. The maximum Gasteiger partial charge on any atom is 0.220 e. The van der Waals surface area contributed by atoms with Gasteiger partial charge in [0.05, 0.1) is 25.7 Å². The van der Waals surface area contributed by atoms with E-state index < -0.39 is 0 Å². The van der Waals surface area contributed by atoms with Crippen molar-refractivity contribution in [2.75, 3.05) is 26.3 Å². The molecule has 4 rings (SSSR count). The normalized spacial score (nSPS) is 25.8. The lowest BCUT2D eigenvalue weighted by Gasteiger charge is -2.26. The Labute approximate surface area is 147 Å². The Bertz CT molecular complexity index is 704. The van der Waals surface area contributed by atoms with Crippen LogP contribution in [0.3, 0.4) is 0 Å². The van der Waals surface area contributed by atoms with Crippen molar-refractivity contribution in [1.29, 1.82) is 0 Å². The van der Waals surface area contributed by atoms with E-state index in [-0.39, 0.29) is 11.3 Å². The molecule has 132 valence electrons. The first-order valence-electron chi connectivity index (χ1n) is 8.70. The number of pyridine rings is 1. The Morgan fingerprint density at radius 3 is 3.16 bits per heavy atom. The Kier molecular flexibility index (Phi) is 4.55. The SMILES string of the molecule is O=C(C[C@@]12COC[C@@H]1CN(Cc1ccoc1)C2)NCc1cccnc1. The maximum atomic E-state index is 12.5. The van der Waals surface area contributed by atoms with Crippen LogP contribution in [0.15, 0.2) is 47.5 Å². The van der Waals surface area contributed by atoms with Crippen molar-refractivity contribution >= 4 is 5.91 Å². The number of aromatic nitrogens is 1. The zero-order valence-corrected chi connectivity index (χ0v) is 14.2. The van der Waals surface area contributed by atoms with E-state index in [2.05, 4.69) is 15.2 Å². The van der Waals surface area contributed by atoms with E-state index in [1.807, 2.05) is 18.2 Å². The Morgan fingerprint density at radius 1 is 1.40 bits per heavy atom. The molecular weight excluding hydrogens is 318 g/mol. The Hall–Kier alpha value is -2.18. The summed E-state index contributed by atoms with van der Waals surface area (Å²) < 4.78 is 10.9. The van der Waals surface area contributed by atoms with Gasteiger partial charge in [0.15, 0.2) is 0 Å². The number of rotatable bonds is 6. The number of nitrogens with zero attached hydrogens (tertiary/aromatic N) is 2. The summed E-state index contributed by atoms with van der Waals surface area (Å²) in [5, 5.41) is 3.03. The van der Waals surface area contributed by atoms with Gasteiger partial charge in [-0.15, -0.1) is 0 Å². The minimum Gasteiger partial charge on any atom is -0.472 e. The number of furan rings is 1. The average Bonchev–Trinajstić information content (AvgIpc) is 3.31. The highest BCUT2D eigenvalue weighted by Crippen LogP contribution is 2.44. The molecule has 0 radical (unpaired) electrons. The lowest BCUT2D eigenvalue weighted by molar-refractivity contribution is -0.123. The van der Waals surface area contributed by atoms with E-state index in [9.17, 15) is 4.79 Å². The van der Waals surface area contributed by atoms with Crippen LogP contribution in [0.5, 0.6) is 0 Å². The molecule has 6 heteroatoms. The molecule has 1 amide bonds. The topological polar surface area (TPSA) is 67.6 Å². The molecular formula is C19H23N3O3. The molecule has 0 saturated carbocycles. The van der Waals surface area contributed by atoms with E-state index in [1.165, 1.54) is 5.56 Å². The third-order valence-electron chi connectivity index (χ3n) is 5.30. The largest absolute Gasteiger partial charge is 0.472 e. The lowest BCUT2D eigenvalue weighted by Crippen LogP contribution is -2.37. The molecule has 0 aliphatic carbocycles. The van der Waals surface area contributed by atoms with Crippen LogP contribution in [-0.2, 0) is 22.6 Å². The van der Waals surface area contributed by atoms with E-state index in [0.717, 1.165) is 31.8 Å². The number of ether oxygens (including phenoxy) is 1. The highest BCUT2D eigenvalue weighted by molar-refractivity contribution is 5.77. The van der Waals surface area contributed by atoms with Gasteiger partial charge < -0.3 is 14.5 Å². The van der Waals surface area contributed by atoms with Crippen molar-refractivity contribution in [3.05, 3.63) is 54.2 Å². The molecule has 2 aromatic heterocycles. The third kappa shape index (κ3) is 3.60. The van der Waals surface area contributed by atoms with Gasteiger partial charge in [0.25, 0.3) is 0 Å². The molecule has 2 aromatic rings. The van der Waals surface area contributed by atoms with Crippen LogP contribution < -0.4 is 5.32 Å². The van der Waals surface area contributed by atoms with Gasteiger partial charge in [0, 0.05) is 61.9 Å². The van der Waals surface area contributed by atoms with Crippen LogP contribution in [-0.4, -0.2) is 42.1 Å². The second kappa shape index (κ2) is 6.98. The van der Waals surface area contributed by atoms with Crippen molar-refractivity contribution < 1.29 is 13.9 Å². The monoisotopic (exact) mass is 341 g/mol. The summed E-state index contributed by atoms with van der Waals surface area (Å²) in [6.07, 6.45) is 7.52. The Balaban J connectivity index is 1.35. The molecule has 4 heterocycles. The number of amides is 1. The number of nitrogens with one attached hydrogen (secondary N) is 1. The van der Waals surface area contributed by atoms with Crippen LogP contribution in [0.1, 0.15) is 17.5 Å². The van der Waals surface area contributed by atoms with Crippen LogP contribution in [0.4, 0.5) is 0 Å². The van der Waals surface area contributed by atoms with E-state index in [0.29, 0.717) is 25.5 Å². The standard InChI is InChI=1S/C19H23N3O3/c23-18(21-8-15-2-1-4-20-7-15)6-19-13-22(9-16-3-5-24-11-16)10-17(19)12-25-14-19/h1-5,7,11,17H,6,8-10,12-14H2,(H,21,23)/t17-,19+/m0/s1. The number of hydrogen-bond donors (Lipinski definition) is 1. The van der Waals surface area contributed by atoms with Gasteiger partial charge in [-0.1, -0.05) is 6.07 Å². The first kappa shape index (κ1) is 16.3. The fourth-order valence-electron chi connectivity index (χ4n) is 4.04. The first-order chi connectivity index (χ1) is 12.2. The van der Waals surface area contributed by atoms with Gasteiger partial charge >= 0.3 is 0 Å². The average molecular weight is 341 g/mol. The number of carbonyl (C=O) groups is 1. The molecule has 2 aliphatic rings. The summed E-state index contributed by atoms with van der Waals surface area (Å²) in [6, 6.07) is 5.85. The third-order valence-corrected chi connectivity index (χ3v) is 5.30. The van der Waals surface area contributed by atoms with Gasteiger partial charge in [-0.2, -0.15) is 0 Å². The van der Waals surface area contributed by atoms with Crippen molar-refractivity contribution in [3.8, 4) is 0 Å². The molecule has 0 spiro atoms. The molecule has 2 saturated heterocycles. The first-order valence-corrected chi connectivity index (χ1v) is 8.70. The summed E-state index contributed by atoms with van der Waals surface area (Å²) in [5.41, 5.74) is 2.13. The van der Waals surface area contributed by atoms with Crippen LogP contribution in [0.2, 0.25) is 0 Å². The fraction of sp³-hybridized carbons (Fsp3) is 0.474. The van der Waals surface area contributed by atoms with Crippen molar-refractivity contribution in [2.45, 2.75) is 19.5 Å². The van der Waals surface area contributed by atoms with Gasteiger partial charge in [0.1, 0.15) is 0 Å². The molecule has 0 bridgehead atoms. The summed E-state index contributed by atoms with van der Waals surface area (Å²) in [5.74, 6) is 0.507. The zero-order chi connectivity index (χ0) is 17.1. The quantitative estimate of drug-likeness (QED) is 0.868. The predicted molar refractivity (Wildman–Crippen MR) is 91.4 cm³/mol. The molecule has 2 fully saturated rings. The summed E-state index contributed by atoms with van der Waals surface area (Å²) >= 11 is 0. The Morgan fingerprint density at radius 2 is 2.36 bits per heavy atom. The number of hydrogen-bond acceptors (Lipinski definition) is 5. The molecule has 0 unspecified atom stereocenters. The van der Waals surface area contributed by atoms with Crippen molar-refractivity contribution in [2.24, 2.45) is 11.3 Å². The number of fused-ring (bicyclic) bond motifs is 1. The molecule has 0 aromatic carbocycles.